The highest BCUT2D eigenvalue weighted by molar-refractivity contribution is 6.32. The van der Waals surface area contributed by atoms with Gasteiger partial charge in [-0.1, -0.05) is 17.7 Å². The Labute approximate surface area is 239 Å². The number of rotatable bonds is 8. The van der Waals surface area contributed by atoms with Crippen molar-refractivity contribution in [3.8, 4) is 16.9 Å². The molecule has 13 heteroatoms. The molecule has 4 rings (SSSR count). The summed E-state index contributed by atoms with van der Waals surface area (Å²) in [5.41, 5.74) is 2.14. The van der Waals surface area contributed by atoms with E-state index < -0.39 is 88.8 Å². The van der Waals surface area contributed by atoms with Crippen molar-refractivity contribution in [3.63, 3.8) is 0 Å². The Kier molecular flexibility index (Phi) is 7.32. The highest BCUT2D eigenvalue weighted by Crippen LogP contribution is 2.35. The van der Waals surface area contributed by atoms with Gasteiger partial charge in [-0.15, -0.1) is 0 Å². The van der Waals surface area contributed by atoms with Gasteiger partial charge in [-0.2, -0.15) is 0 Å². The minimum absolute atomic E-state index is 0.0251. The van der Waals surface area contributed by atoms with Crippen LogP contribution in [0.4, 0.5) is 0 Å². The molecular weight excluding hydrogens is 548 g/mol. The Bertz CT molecular complexity index is 1510. The van der Waals surface area contributed by atoms with Gasteiger partial charge in [-0.3, -0.25) is 19.2 Å². The Morgan fingerprint density at radius 1 is 0.925 bits per heavy atom. The van der Waals surface area contributed by atoms with Gasteiger partial charge in [0.25, 0.3) is 0 Å². The van der Waals surface area contributed by atoms with Crippen LogP contribution in [0.1, 0.15) is 33.1 Å². The summed E-state index contributed by atoms with van der Waals surface area (Å²) < 4.78 is 62.2. The second-order valence-electron chi connectivity index (χ2n) is 8.49. The molecule has 0 aliphatic carbocycles. The zero-order valence-electron chi connectivity index (χ0n) is 24.9. The lowest BCUT2D eigenvalue weighted by Crippen LogP contribution is -2.63. The third-order valence-electron chi connectivity index (χ3n) is 5.71. The quantitative estimate of drug-likeness (QED) is 0.309. The van der Waals surface area contributed by atoms with Crippen molar-refractivity contribution in [2.24, 2.45) is 0 Å². The first-order valence-corrected chi connectivity index (χ1v) is 12.0. The maximum Gasteiger partial charge on any atom is 0.303 e. The summed E-state index contributed by atoms with van der Waals surface area (Å²) >= 11 is 6.56. The molecule has 1 saturated heterocycles. The molecule has 1 fully saturated rings. The van der Waals surface area contributed by atoms with Crippen LogP contribution in [0.2, 0.25) is 5.02 Å². The number of ether oxygens (including phenoxy) is 6. The first-order chi connectivity index (χ1) is 21.2. The molecule has 3 aromatic rings. The average Bonchev–Trinajstić information content (AvgIpc) is 3.51. The molecule has 0 spiro atoms. The number of nitrogens with one attached hydrogen (secondary N) is 1. The van der Waals surface area contributed by atoms with E-state index in [2.05, 4.69) is 9.97 Å². The molecule has 1 N–H and O–H groups in total. The Hall–Kier alpha value is -4.16. The van der Waals surface area contributed by atoms with Crippen LogP contribution in [0.3, 0.4) is 0 Å². The molecule has 1 aliphatic heterocycles. The molecule has 12 nitrogen and oxygen atoms in total. The average molecular weight is 579 g/mol. The number of hydrogen-bond acceptors (Lipinski definition) is 11. The van der Waals surface area contributed by atoms with Crippen LogP contribution in [-0.4, -0.2) is 71.2 Å². The predicted molar refractivity (Wildman–Crippen MR) is 139 cm³/mol. The van der Waals surface area contributed by atoms with E-state index in [9.17, 15) is 19.2 Å². The molecule has 212 valence electrons. The molecule has 1 aliphatic rings. The number of halogens is 1. The zero-order valence-corrected chi connectivity index (χ0v) is 21.6. The van der Waals surface area contributed by atoms with Crippen molar-refractivity contribution in [2.45, 2.75) is 58.3 Å². The Morgan fingerprint density at radius 3 is 2.33 bits per heavy atom. The van der Waals surface area contributed by atoms with Crippen LogP contribution in [-0.2, 0) is 42.9 Å². The smallest absolute Gasteiger partial charge is 0.303 e. The van der Waals surface area contributed by atoms with Gasteiger partial charge in [0.15, 0.2) is 12.2 Å². The van der Waals surface area contributed by atoms with E-state index in [0.29, 0.717) is 11.2 Å². The summed E-state index contributed by atoms with van der Waals surface area (Å²) in [7, 11) is 0. The summed E-state index contributed by atoms with van der Waals surface area (Å²) in [5.74, 6) is -4.20. The fourth-order valence-corrected chi connectivity index (χ4v) is 4.36. The van der Waals surface area contributed by atoms with Crippen LogP contribution in [0.15, 0.2) is 42.7 Å². The lowest BCUT2D eigenvalue weighted by Gasteiger charge is -2.44. The van der Waals surface area contributed by atoms with E-state index in [1.807, 2.05) is 12.1 Å². The maximum atomic E-state index is 12.3. The van der Waals surface area contributed by atoms with E-state index in [1.54, 1.807) is 24.5 Å². The number of hydrogen-bond donors (Lipinski definition) is 1. The maximum absolute atomic E-state index is 12.3. The fourth-order valence-electron chi connectivity index (χ4n) is 4.14. The number of H-pyrrole nitrogens is 1. The molecule has 5 atom stereocenters. The first kappa shape index (κ1) is 23.7. The molecule has 1 aromatic carbocycles. The summed E-state index contributed by atoms with van der Waals surface area (Å²) in [5, 5.41) is 0.963. The van der Waals surface area contributed by atoms with E-state index >= 15 is 0 Å². The molecule has 40 heavy (non-hydrogen) atoms. The number of aromatic nitrogens is 2. The SMILES string of the molecule is [2H]CC(=O)OC[C@H]1OC(Oc2ccc(-c3cnc4[nH]ccc4c3)cc2Cl)[C@@H](OC(=O)C[2H])[C@@H](OC(=O)C[2H])[C@@H]1OC(=O)C[2H]. The summed E-state index contributed by atoms with van der Waals surface area (Å²) in [4.78, 5) is 55.8. The number of fused-ring (bicyclic) bond motifs is 1. The Morgan fingerprint density at radius 2 is 1.62 bits per heavy atom. The second-order valence-corrected chi connectivity index (χ2v) is 8.90. The minimum atomic E-state index is -1.69. The molecular formula is C27H27ClN2O10. The zero-order chi connectivity index (χ0) is 31.8. The lowest BCUT2D eigenvalue weighted by atomic mass is 9.98. The number of esters is 4. The van der Waals surface area contributed by atoms with Crippen molar-refractivity contribution >= 4 is 46.5 Å². The number of carbonyl (C=O) groups excluding carboxylic acids is 4. The van der Waals surface area contributed by atoms with Crippen LogP contribution in [0, 0.1) is 0 Å². The van der Waals surface area contributed by atoms with Gasteiger partial charge in [0.2, 0.25) is 12.4 Å². The van der Waals surface area contributed by atoms with Gasteiger partial charge in [0, 0.05) is 56.4 Å². The van der Waals surface area contributed by atoms with Gasteiger partial charge in [0.1, 0.15) is 24.1 Å². The minimum Gasteiger partial charge on any atom is -0.463 e. The number of carbonyl (C=O) groups is 4. The van der Waals surface area contributed by atoms with Crippen LogP contribution in [0.25, 0.3) is 22.2 Å². The second kappa shape index (κ2) is 12.3. The highest BCUT2D eigenvalue weighted by atomic mass is 35.5. The highest BCUT2D eigenvalue weighted by Gasteiger charge is 2.53. The largest absolute Gasteiger partial charge is 0.463 e. The van der Waals surface area contributed by atoms with E-state index in [-0.39, 0.29) is 10.8 Å². The van der Waals surface area contributed by atoms with E-state index in [1.165, 1.54) is 6.07 Å². The number of pyridine rings is 1. The molecule has 0 radical (unpaired) electrons. The third-order valence-corrected chi connectivity index (χ3v) is 6.01. The van der Waals surface area contributed by atoms with Crippen LogP contribution < -0.4 is 4.74 Å². The van der Waals surface area contributed by atoms with Crippen molar-refractivity contribution in [1.29, 1.82) is 0 Å². The topological polar surface area (TPSA) is 152 Å². The molecule has 0 bridgehead atoms. The molecule has 1 unspecified atom stereocenters. The van der Waals surface area contributed by atoms with Crippen LogP contribution >= 0.6 is 11.6 Å². The first-order valence-electron chi connectivity index (χ1n) is 14.5. The predicted octanol–water partition coefficient (Wildman–Crippen LogP) is 3.35. The van der Waals surface area contributed by atoms with Crippen molar-refractivity contribution in [1.82, 2.24) is 9.97 Å². The van der Waals surface area contributed by atoms with Crippen molar-refractivity contribution in [3.05, 3.63) is 47.7 Å². The van der Waals surface area contributed by atoms with Gasteiger partial charge in [-0.25, -0.2) is 4.98 Å². The summed E-state index contributed by atoms with van der Waals surface area (Å²) in [6.07, 6.45) is -4.62. The molecule has 0 saturated carbocycles. The lowest BCUT2D eigenvalue weighted by molar-refractivity contribution is -0.288. The Balaban J connectivity index is 1.69. The van der Waals surface area contributed by atoms with Crippen LogP contribution in [0.5, 0.6) is 5.75 Å². The van der Waals surface area contributed by atoms with Crippen molar-refractivity contribution < 1.29 is 53.1 Å². The van der Waals surface area contributed by atoms with Gasteiger partial charge >= 0.3 is 23.9 Å². The van der Waals surface area contributed by atoms with Gasteiger partial charge in [0.05, 0.1) is 5.02 Å². The summed E-state index contributed by atoms with van der Waals surface area (Å²) in [6.45, 7) is -3.92. The van der Waals surface area contributed by atoms with E-state index in [4.69, 9.17) is 45.5 Å². The summed E-state index contributed by atoms with van der Waals surface area (Å²) in [6, 6.07) is 8.52. The van der Waals surface area contributed by atoms with Gasteiger partial charge in [-0.05, 0) is 29.8 Å². The molecule has 3 heterocycles. The number of nitrogens with zero attached hydrogens (tertiary/aromatic N) is 1. The number of aromatic amines is 1. The number of benzene rings is 1. The molecule has 0 amide bonds. The fraction of sp³-hybridized carbons (Fsp3) is 0.370. The third kappa shape index (κ3) is 6.88. The normalized spacial score (nSPS) is 23.6. The molecule has 2 aromatic heterocycles. The van der Waals surface area contributed by atoms with Crippen molar-refractivity contribution in [2.75, 3.05) is 6.61 Å². The van der Waals surface area contributed by atoms with Gasteiger partial charge < -0.3 is 33.4 Å². The van der Waals surface area contributed by atoms with E-state index in [0.717, 1.165) is 10.9 Å². The monoisotopic (exact) mass is 578 g/mol. The standard InChI is InChI=1S/C27H27ClN2O10/c1-13(31)35-12-22-23(36-14(2)32)24(37-15(3)33)25(38-16(4)34)27(40-22)39-21-6-5-17(10-20(21)28)19-9-18-7-8-29-26(18)30-11-19/h5-11,22-25,27H,12H2,1-4H3,(H,29,30)/t22-,23-,24+,25+,27?/m1/s1/i1D,2D,3D,4D.